The van der Waals surface area contributed by atoms with Gasteiger partial charge in [0.25, 0.3) is 0 Å². The zero-order chi connectivity index (χ0) is 12.0. The average molecular weight is 237 g/mol. The van der Waals surface area contributed by atoms with E-state index in [9.17, 15) is 4.79 Å². The van der Waals surface area contributed by atoms with Crippen molar-refractivity contribution >= 4 is 17.6 Å². The molecular formula is C13H13ClO2. The normalized spacial score (nSPS) is 9.19. The summed E-state index contributed by atoms with van der Waals surface area (Å²) in [6.45, 7) is 4.10. The quantitative estimate of drug-likeness (QED) is 0.583. The van der Waals surface area contributed by atoms with E-state index in [0.29, 0.717) is 11.6 Å². The summed E-state index contributed by atoms with van der Waals surface area (Å²) in [5.74, 6) is 5.34. The van der Waals surface area contributed by atoms with Crippen molar-refractivity contribution in [1.82, 2.24) is 0 Å². The van der Waals surface area contributed by atoms with Gasteiger partial charge in [-0.1, -0.05) is 23.4 Å². The minimum Gasteiger partial charge on any atom is -0.465 e. The Bertz CT molecular complexity index is 421. The maximum atomic E-state index is 11.0. The third-order valence-corrected chi connectivity index (χ3v) is 2.03. The average Bonchev–Trinajstić information content (AvgIpc) is 2.16. The molecule has 0 radical (unpaired) electrons. The first-order valence-corrected chi connectivity index (χ1v) is 5.41. The highest BCUT2D eigenvalue weighted by molar-refractivity contribution is 6.30. The van der Waals surface area contributed by atoms with Crippen molar-refractivity contribution in [2.45, 2.75) is 20.3 Å². The lowest BCUT2D eigenvalue weighted by Crippen LogP contribution is -2.01. The van der Waals surface area contributed by atoms with Gasteiger partial charge in [-0.05, 0) is 37.6 Å². The summed E-state index contributed by atoms with van der Waals surface area (Å²) in [6.07, 6.45) is 0.111. The molecule has 1 rings (SSSR count). The van der Waals surface area contributed by atoms with Gasteiger partial charge in [0.15, 0.2) is 0 Å². The number of rotatable bonds is 2. The largest absolute Gasteiger partial charge is 0.465 e. The van der Waals surface area contributed by atoms with E-state index < -0.39 is 0 Å². The number of esters is 1. The molecule has 0 amide bonds. The standard InChI is InChI=1S/C13H13ClO2/c1-3-16-13(15)6-4-5-11-7-10(2)8-12(14)9-11/h7-9H,3,6H2,1-2H3. The third kappa shape index (κ3) is 4.37. The van der Waals surface area contributed by atoms with Crippen molar-refractivity contribution < 1.29 is 9.53 Å². The van der Waals surface area contributed by atoms with Gasteiger partial charge in [-0.2, -0.15) is 0 Å². The first-order valence-electron chi connectivity index (χ1n) is 5.03. The highest BCUT2D eigenvalue weighted by Gasteiger charge is 1.97. The first-order chi connectivity index (χ1) is 7.61. The van der Waals surface area contributed by atoms with Crippen LogP contribution in [0.1, 0.15) is 24.5 Å². The number of ether oxygens (including phenoxy) is 1. The van der Waals surface area contributed by atoms with Crippen LogP contribution >= 0.6 is 11.6 Å². The van der Waals surface area contributed by atoms with E-state index in [-0.39, 0.29) is 12.4 Å². The van der Waals surface area contributed by atoms with Gasteiger partial charge in [0.2, 0.25) is 0 Å². The molecule has 0 aromatic heterocycles. The molecule has 0 aliphatic carbocycles. The zero-order valence-corrected chi connectivity index (χ0v) is 10.1. The lowest BCUT2D eigenvalue weighted by atomic mass is 10.1. The second kappa shape index (κ2) is 6.19. The monoisotopic (exact) mass is 236 g/mol. The Kier molecular flexibility index (Phi) is 4.88. The maximum Gasteiger partial charge on any atom is 0.317 e. The minimum absolute atomic E-state index is 0.111. The van der Waals surface area contributed by atoms with E-state index in [4.69, 9.17) is 16.3 Å². The SMILES string of the molecule is CCOC(=O)CC#Cc1cc(C)cc(Cl)c1. The van der Waals surface area contributed by atoms with Crippen LogP contribution in [-0.2, 0) is 9.53 Å². The summed E-state index contributed by atoms with van der Waals surface area (Å²) in [7, 11) is 0. The maximum absolute atomic E-state index is 11.0. The number of hydrogen-bond acceptors (Lipinski definition) is 2. The van der Waals surface area contributed by atoms with Gasteiger partial charge >= 0.3 is 5.97 Å². The molecule has 16 heavy (non-hydrogen) atoms. The molecule has 1 aromatic rings. The molecule has 0 unspecified atom stereocenters. The van der Waals surface area contributed by atoms with Crippen LogP contribution < -0.4 is 0 Å². The molecule has 0 saturated carbocycles. The van der Waals surface area contributed by atoms with Crippen LogP contribution in [-0.4, -0.2) is 12.6 Å². The number of carbonyl (C=O) groups excluding carboxylic acids is 1. The molecule has 0 atom stereocenters. The van der Waals surface area contributed by atoms with Crippen LogP contribution in [0, 0.1) is 18.8 Å². The molecule has 0 saturated heterocycles. The first kappa shape index (κ1) is 12.6. The Morgan fingerprint density at radius 1 is 1.44 bits per heavy atom. The Morgan fingerprint density at radius 2 is 2.19 bits per heavy atom. The molecule has 0 N–H and O–H groups in total. The van der Waals surface area contributed by atoms with E-state index in [2.05, 4.69) is 11.8 Å². The highest BCUT2D eigenvalue weighted by atomic mass is 35.5. The fraction of sp³-hybridized carbons (Fsp3) is 0.308. The summed E-state index contributed by atoms with van der Waals surface area (Å²) in [5, 5.41) is 0.653. The molecule has 0 aliphatic heterocycles. The molecule has 0 heterocycles. The van der Waals surface area contributed by atoms with Crippen LogP contribution in [0.4, 0.5) is 0 Å². The smallest absolute Gasteiger partial charge is 0.317 e. The van der Waals surface area contributed by atoms with Crippen molar-refractivity contribution in [3.05, 3.63) is 34.3 Å². The van der Waals surface area contributed by atoms with Gasteiger partial charge in [-0.25, -0.2) is 0 Å². The molecule has 1 aromatic carbocycles. The van der Waals surface area contributed by atoms with Gasteiger partial charge in [0, 0.05) is 10.6 Å². The van der Waals surface area contributed by atoms with Crippen molar-refractivity contribution in [3.8, 4) is 11.8 Å². The lowest BCUT2D eigenvalue weighted by Gasteiger charge is -1.96. The summed E-state index contributed by atoms with van der Waals surface area (Å²) >= 11 is 5.88. The van der Waals surface area contributed by atoms with E-state index >= 15 is 0 Å². The van der Waals surface area contributed by atoms with Crippen LogP contribution in [0.3, 0.4) is 0 Å². The van der Waals surface area contributed by atoms with E-state index in [1.165, 1.54) is 0 Å². The Hall–Kier alpha value is -1.46. The second-order valence-electron chi connectivity index (χ2n) is 3.30. The molecule has 0 spiro atoms. The summed E-state index contributed by atoms with van der Waals surface area (Å²) in [5.41, 5.74) is 1.86. The van der Waals surface area contributed by atoms with E-state index in [0.717, 1.165) is 11.1 Å². The summed E-state index contributed by atoms with van der Waals surface area (Å²) in [4.78, 5) is 11.0. The molecule has 3 heteroatoms. The fourth-order valence-corrected chi connectivity index (χ4v) is 1.53. The number of hydrogen-bond donors (Lipinski definition) is 0. The highest BCUT2D eigenvalue weighted by Crippen LogP contribution is 2.13. The lowest BCUT2D eigenvalue weighted by molar-refractivity contribution is -0.141. The number of benzene rings is 1. The Labute approximate surface area is 101 Å². The van der Waals surface area contributed by atoms with Crippen molar-refractivity contribution in [2.75, 3.05) is 6.61 Å². The topological polar surface area (TPSA) is 26.3 Å². The van der Waals surface area contributed by atoms with Crippen molar-refractivity contribution in [1.29, 1.82) is 0 Å². The Balaban J connectivity index is 2.66. The second-order valence-corrected chi connectivity index (χ2v) is 3.74. The third-order valence-electron chi connectivity index (χ3n) is 1.81. The van der Waals surface area contributed by atoms with Gasteiger partial charge in [0.1, 0.15) is 6.42 Å². The molecular weight excluding hydrogens is 224 g/mol. The Morgan fingerprint density at radius 3 is 2.81 bits per heavy atom. The van der Waals surface area contributed by atoms with E-state index in [1.807, 2.05) is 19.1 Å². The van der Waals surface area contributed by atoms with Crippen LogP contribution in [0.25, 0.3) is 0 Å². The molecule has 0 fully saturated rings. The van der Waals surface area contributed by atoms with Gasteiger partial charge < -0.3 is 4.74 Å². The number of aryl methyl sites for hydroxylation is 1. The molecule has 2 nitrogen and oxygen atoms in total. The zero-order valence-electron chi connectivity index (χ0n) is 9.34. The van der Waals surface area contributed by atoms with Crippen molar-refractivity contribution in [3.63, 3.8) is 0 Å². The van der Waals surface area contributed by atoms with Gasteiger partial charge in [-0.3, -0.25) is 4.79 Å². The van der Waals surface area contributed by atoms with Crippen molar-refractivity contribution in [2.24, 2.45) is 0 Å². The van der Waals surface area contributed by atoms with Crippen LogP contribution in [0.15, 0.2) is 18.2 Å². The molecule has 0 bridgehead atoms. The van der Waals surface area contributed by atoms with Crippen LogP contribution in [0.5, 0.6) is 0 Å². The fourth-order valence-electron chi connectivity index (χ4n) is 1.24. The van der Waals surface area contributed by atoms with Gasteiger partial charge in [0.05, 0.1) is 6.61 Å². The molecule has 0 aliphatic rings. The van der Waals surface area contributed by atoms with Gasteiger partial charge in [-0.15, -0.1) is 0 Å². The summed E-state index contributed by atoms with van der Waals surface area (Å²) in [6, 6.07) is 5.55. The van der Waals surface area contributed by atoms with E-state index in [1.54, 1.807) is 13.0 Å². The summed E-state index contributed by atoms with van der Waals surface area (Å²) < 4.78 is 4.76. The predicted octanol–water partition coefficient (Wildman–Crippen LogP) is 2.95. The van der Waals surface area contributed by atoms with Crippen LogP contribution in [0.2, 0.25) is 5.02 Å². The number of halogens is 1. The number of carbonyl (C=O) groups is 1. The predicted molar refractivity (Wildman–Crippen MR) is 64.3 cm³/mol. The molecule has 84 valence electrons. The minimum atomic E-state index is -0.297.